The minimum Gasteiger partial charge on any atom is -0.447 e. The second kappa shape index (κ2) is 8.34. The fraction of sp³-hybridized carbons (Fsp3) is 0.353. The maximum absolute atomic E-state index is 12.1. The van der Waals surface area contributed by atoms with Crippen LogP contribution in [0.4, 0.5) is 15.0 Å². The number of hydrogen-bond acceptors (Lipinski definition) is 7. The molecule has 3 heterocycles. The molecule has 10 nitrogen and oxygen atoms in total. The highest BCUT2D eigenvalue weighted by molar-refractivity contribution is 6.02. The predicted molar refractivity (Wildman–Crippen MR) is 97.8 cm³/mol. The van der Waals surface area contributed by atoms with E-state index >= 15 is 0 Å². The number of rotatable bonds is 5. The number of aromatic nitrogens is 3. The number of nitrogens with two attached hydrogens (primary N) is 1. The molecule has 3 rings (SSSR count). The molecule has 1 aliphatic heterocycles. The summed E-state index contributed by atoms with van der Waals surface area (Å²) in [7, 11) is 0. The Labute approximate surface area is 159 Å². The van der Waals surface area contributed by atoms with E-state index in [0.717, 1.165) is 0 Å². The second-order valence-corrected chi connectivity index (χ2v) is 5.98. The number of carbonyl (C=O) groups is 2. The van der Waals surface area contributed by atoms with E-state index in [1.807, 2.05) is 4.90 Å². The number of H-pyrrole nitrogens is 1. The Hall–Kier alpha value is -3.68. The third-order valence-corrected chi connectivity index (χ3v) is 4.25. The number of ether oxygens (including phenoxy) is 1. The van der Waals surface area contributed by atoms with Gasteiger partial charge in [0.05, 0.1) is 6.20 Å². The van der Waals surface area contributed by atoms with Crippen LogP contribution in [0.3, 0.4) is 0 Å². The zero-order chi connectivity index (χ0) is 20.1. The fourth-order valence-electron chi connectivity index (χ4n) is 2.81. The number of halogens is 1. The first-order chi connectivity index (χ1) is 13.5. The molecule has 0 aromatic carbocycles. The zero-order valence-electron chi connectivity index (χ0n) is 14.9. The quantitative estimate of drug-likeness (QED) is 0.564. The summed E-state index contributed by atoms with van der Waals surface area (Å²) >= 11 is 0. The summed E-state index contributed by atoms with van der Waals surface area (Å²) < 4.78 is 16.9. The summed E-state index contributed by atoms with van der Waals surface area (Å²) in [5.74, 6) is -0.229. The van der Waals surface area contributed by atoms with Gasteiger partial charge in [0.15, 0.2) is 5.65 Å². The van der Waals surface area contributed by atoms with Gasteiger partial charge in [-0.15, -0.1) is 0 Å². The standard InChI is InChI=1S/C17H18FN7O3/c18-1-6-28-17(27)25-4-2-24(3-5-25)13-10-22-16-14(23-13)12(9-21-16)7-11(8-19)15(20)26/h7,9-10H,1-6H2,(H2,20,26)(H,21,22). The summed E-state index contributed by atoms with van der Waals surface area (Å²) in [6.45, 7) is 0.867. The molecule has 1 aliphatic rings. The topological polar surface area (TPSA) is 141 Å². The molecule has 146 valence electrons. The Morgan fingerprint density at radius 1 is 1.39 bits per heavy atom. The van der Waals surface area contributed by atoms with E-state index in [9.17, 15) is 14.0 Å². The number of aromatic amines is 1. The SMILES string of the molecule is N#CC(=Cc1c[nH]c2ncc(N3CCN(C(=O)OCCF)CC3)nc12)C(N)=O. The Morgan fingerprint density at radius 2 is 2.14 bits per heavy atom. The molecule has 1 fully saturated rings. The Kier molecular flexibility index (Phi) is 5.69. The van der Waals surface area contributed by atoms with Crippen molar-refractivity contribution in [2.75, 3.05) is 44.4 Å². The first-order valence-electron chi connectivity index (χ1n) is 8.52. The van der Waals surface area contributed by atoms with E-state index in [-0.39, 0.29) is 12.2 Å². The number of amides is 2. The number of nitriles is 1. The Morgan fingerprint density at radius 3 is 2.79 bits per heavy atom. The van der Waals surface area contributed by atoms with Crippen molar-refractivity contribution < 1.29 is 18.7 Å². The van der Waals surface area contributed by atoms with Crippen molar-refractivity contribution in [3.63, 3.8) is 0 Å². The molecule has 0 saturated carbocycles. The van der Waals surface area contributed by atoms with Gasteiger partial charge < -0.3 is 25.3 Å². The third kappa shape index (κ3) is 4.01. The number of fused-ring (bicyclic) bond motifs is 1. The minimum atomic E-state index is -0.822. The van der Waals surface area contributed by atoms with E-state index in [1.54, 1.807) is 18.5 Å². The van der Waals surface area contributed by atoms with Gasteiger partial charge >= 0.3 is 6.09 Å². The Balaban J connectivity index is 1.77. The van der Waals surface area contributed by atoms with E-state index in [1.165, 1.54) is 11.0 Å². The monoisotopic (exact) mass is 387 g/mol. The van der Waals surface area contributed by atoms with Gasteiger partial charge in [-0.3, -0.25) is 4.79 Å². The number of anilines is 1. The van der Waals surface area contributed by atoms with Crippen LogP contribution in [0.5, 0.6) is 0 Å². The molecule has 0 unspecified atom stereocenters. The fourth-order valence-corrected chi connectivity index (χ4v) is 2.81. The normalized spacial score (nSPS) is 14.8. The van der Waals surface area contributed by atoms with Gasteiger partial charge in [-0.05, 0) is 6.08 Å². The average molecular weight is 387 g/mol. The molecular formula is C17H18FN7O3. The van der Waals surface area contributed by atoms with E-state index < -0.39 is 18.7 Å². The van der Waals surface area contributed by atoms with Gasteiger partial charge in [0.2, 0.25) is 0 Å². The molecular weight excluding hydrogens is 369 g/mol. The molecule has 2 amide bonds. The lowest BCUT2D eigenvalue weighted by molar-refractivity contribution is -0.114. The smallest absolute Gasteiger partial charge is 0.409 e. The number of piperazine rings is 1. The van der Waals surface area contributed by atoms with Gasteiger partial charge in [0, 0.05) is 37.9 Å². The minimum absolute atomic E-state index is 0.187. The van der Waals surface area contributed by atoms with Crippen LogP contribution in [-0.2, 0) is 9.53 Å². The molecule has 0 spiro atoms. The first kappa shape index (κ1) is 19.1. The van der Waals surface area contributed by atoms with Gasteiger partial charge in [-0.1, -0.05) is 0 Å². The van der Waals surface area contributed by atoms with Crippen LogP contribution in [0, 0.1) is 11.3 Å². The number of nitrogens with one attached hydrogen (secondary N) is 1. The Bertz CT molecular complexity index is 957. The van der Waals surface area contributed by atoms with Crippen LogP contribution in [-0.4, -0.2) is 71.3 Å². The van der Waals surface area contributed by atoms with Gasteiger partial charge in [-0.2, -0.15) is 5.26 Å². The number of hydrogen-bond donors (Lipinski definition) is 2. The van der Waals surface area contributed by atoms with Crippen LogP contribution in [0.25, 0.3) is 17.2 Å². The summed E-state index contributed by atoms with van der Waals surface area (Å²) in [6, 6.07) is 1.75. The van der Waals surface area contributed by atoms with Crippen molar-refractivity contribution in [2.45, 2.75) is 0 Å². The van der Waals surface area contributed by atoms with Crippen LogP contribution < -0.4 is 10.6 Å². The summed E-state index contributed by atoms with van der Waals surface area (Å²) in [4.78, 5) is 38.3. The average Bonchev–Trinajstić information content (AvgIpc) is 3.12. The number of nitrogens with zero attached hydrogens (tertiary/aromatic N) is 5. The molecule has 0 radical (unpaired) electrons. The molecule has 3 N–H and O–H groups in total. The molecule has 0 atom stereocenters. The second-order valence-electron chi connectivity index (χ2n) is 5.98. The van der Waals surface area contributed by atoms with Crippen LogP contribution in [0.15, 0.2) is 18.0 Å². The molecule has 0 aliphatic carbocycles. The molecule has 28 heavy (non-hydrogen) atoms. The van der Waals surface area contributed by atoms with E-state index in [0.29, 0.717) is 48.7 Å². The lowest BCUT2D eigenvalue weighted by Crippen LogP contribution is -2.49. The molecule has 0 bridgehead atoms. The summed E-state index contributed by atoms with van der Waals surface area (Å²) in [5.41, 5.74) is 6.51. The van der Waals surface area contributed by atoms with Gasteiger partial charge in [0.1, 0.15) is 36.3 Å². The zero-order valence-corrected chi connectivity index (χ0v) is 14.9. The number of alkyl halides is 1. The molecule has 1 saturated heterocycles. The van der Waals surface area contributed by atoms with Crippen molar-refractivity contribution in [3.8, 4) is 6.07 Å². The maximum atomic E-state index is 12.1. The summed E-state index contributed by atoms with van der Waals surface area (Å²) in [5, 5.41) is 9.01. The third-order valence-electron chi connectivity index (χ3n) is 4.25. The van der Waals surface area contributed by atoms with Gasteiger partial charge in [-0.25, -0.2) is 19.2 Å². The lowest BCUT2D eigenvalue weighted by Gasteiger charge is -2.34. The first-order valence-corrected chi connectivity index (χ1v) is 8.52. The highest BCUT2D eigenvalue weighted by Gasteiger charge is 2.23. The molecule has 2 aromatic heterocycles. The molecule has 11 heteroatoms. The van der Waals surface area contributed by atoms with Crippen LogP contribution in [0.2, 0.25) is 0 Å². The van der Waals surface area contributed by atoms with Crippen molar-refractivity contribution in [1.82, 2.24) is 19.9 Å². The highest BCUT2D eigenvalue weighted by Crippen LogP contribution is 2.21. The van der Waals surface area contributed by atoms with Gasteiger partial charge in [0.25, 0.3) is 5.91 Å². The maximum Gasteiger partial charge on any atom is 0.409 e. The van der Waals surface area contributed by atoms with Crippen LogP contribution >= 0.6 is 0 Å². The number of carbonyl (C=O) groups excluding carboxylic acids is 2. The highest BCUT2D eigenvalue weighted by atomic mass is 19.1. The van der Waals surface area contributed by atoms with E-state index in [2.05, 4.69) is 15.0 Å². The largest absolute Gasteiger partial charge is 0.447 e. The predicted octanol–water partition coefficient (Wildman–Crippen LogP) is 0.578. The van der Waals surface area contributed by atoms with Crippen molar-refractivity contribution >= 4 is 35.1 Å². The summed E-state index contributed by atoms with van der Waals surface area (Å²) in [6.07, 6.45) is 4.02. The van der Waals surface area contributed by atoms with Crippen molar-refractivity contribution in [1.29, 1.82) is 5.26 Å². The van der Waals surface area contributed by atoms with Crippen molar-refractivity contribution in [3.05, 3.63) is 23.5 Å². The number of primary amides is 1. The van der Waals surface area contributed by atoms with E-state index in [4.69, 9.17) is 15.7 Å². The van der Waals surface area contributed by atoms with Crippen LogP contribution in [0.1, 0.15) is 5.56 Å². The lowest BCUT2D eigenvalue weighted by atomic mass is 10.2. The molecule has 2 aromatic rings. The van der Waals surface area contributed by atoms with Crippen molar-refractivity contribution in [2.24, 2.45) is 5.73 Å².